The Bertz CT molecular complexity index is 1060. The van der Waals surface area contributed by atoms with E-state index in [2.05, 4.69) is 29.2 Å². The highest BCUT2D eigenvalue weighted by Crippen LogP contribution is 2.21. The zero-order chi connectivity index (χ0) is 21.1. The van der Waals surface area contributed by atoms with Gasteiger partial charge in [0.1, 0.15) is 6.54 Å². The number of likely N-dealkylation sites (N-methyl/N-ethyl adjacent to an activating group) is 1. The van der Waals surface area contributed by atoms with Gasteiger partial charge in [0.25, 0.3) is 0 Å². The first-order valence-corrected chi connectivity index (χ1v) is 10.3. The van der Waals surface area contributed by atoms with Gasteiger partial charge in [-0.3, -0.25) is 9.36 Å². The SMILES string of the molecule is Cc1ccc(-c2cn(CC(=O)N(C)Cc3ccc(N4CCCC4)cc3)c(=O)o2)cc1. The van der Waals surface area contributed by atoms with Gasteiger partial charge in [0.2, 0.25) is 5.91 Å². The Morgan fingerprint density at radius 3 is 2.37 bits per heavy atom. The van der Waals surface area contributed by atoms with Crippen LogP contribution in [0.2, 0.25) is 0 Å². The molecule has 1 aromatic heterocycles. The molecular weight excluding hydrogens is 378 g/mol. The summed E-state index contributed by atoms with van der Waals surface area (Å²) in [6, 6.07) is 16.1. The molecule has 0 aliphatic carbocycles. The molecule has 1 saturated heterocycles. The smallest absolute Gasteiger partial charge is 0.408 e. The van der Waals surface area contributed by atoms with E-state index in [1.54, 1.807) is 18.1 Å². The predicted molar refractivity (Wildman–Crippen MR) is 118 cm³/mol. The number of oxazole rings is 1. The zero-order valence-corrected chi connectivity index (χ0v) is 17.5. The van der Waals surface area contributed by atoms with Gasteiger partial charge < -0.3 is 14.2 Å². The molecule has 1 amide bonds. The number of anilines is 1. The third kappa shape index (κ3) is 4.48. The molecule has 0 radical (unpaired) electrons. The molecule has 6 nitrogen and oxygen atoms in total. The third-order valence-corrected chi connectivity index (χ3v) is 5.60. The summed E-state index contributed by atoms with van der Waals surface area (Å²) in [5, 5.41) is 0. The van der Waals surface area contributed by atoms with Crippen molar-refractivity contribution in [3.63, 3.8) is 0 Å². The van der Waals surface area contributed by atoms with Crippen molar-refractivity contribution in [2.45, 2.75) is 32.9 Å². The molecule has 0 N–H and O–H groups in total. The number of rotatable bonds is 6. The number of hydrogen-bond acceptors (Lipinski definition) is 4. The average Bonchev–Trinajstić information content (AvgIpc) is 3.40. The molecule has 6 heteroatoms. The lowest BCUT2D eigenvalue weighted by atomic mass is 10.1. The Balaban J connectivity index is 1.38. The van der Waals surface area contributed by atoms with Crippen molar-refractivity contribution < 1.29 is 9.21 Å². The van der Waals surface area contributed by atoms with Crippen LogP contribution >= 0.6 is 0 Å². The zero-order valence-electron chi connectivity index (χ0n) is 17.5. The van der Waals surface area contributed by atoms with E-state index in [0.29, 0.717) is 12.3 Å². The van der Waals surface area contributed by atoms with Crippen molar-refractivity contribution >= 4 is 11.6 Å². The van der Waals surface area contributed by atoms with E-state index in [4.69, 9.17) is 4.42 Å². The molecule has 1 aliphatic heterocycles. The van der Waals surface area contributed by atoms with E-state index in [1.807, 2.05) is 31.2 Å². The number of carbonyl (C=O) groups is 1. The maximum atomic E-state index is 12.7. The van der Waals surface area contributed by atoms with Crippen LogP contribution in [0.3, 0.4) is 0 Å². The highest BCUT2D eigenvalue weighted by Gasteiger charge is 2.16. The van der Waals surface area contributed by atoms with Crippen LogP contribution in [0.25, 0.3) is 11.3 Å². The van der Waals surface area contributed by atoms with Crippen LogP contribution < -0.4 is 10.7 Å². The number of carbonyl (C=O) groups excluding carboxylic acids is 1. The molecule has 1 fully saturated rings. The summed E-state index contributed by atoms with van der Waals surface area (Å²) in [5.41, 5.74) is 4.24. The van der Waals surface area contributed by atoms with Gasteiger partial charge in [-0.05, 0) is 37.5 Å². The second-order valence-electron chi connectivity index (χ2n) is 7.97. The summed E-state index contributed by atoms with van der Waals surface area (Å²) < 4.78 is 6.66. The number of amides is 1. The fourth-order valence-electron chi connectivity index (χ4n) is 3.75. The standard InChI is InChI=1S/C24H27N3O3/c1-18-5-9-20(10-6-18)22-16-27(24(29)30-22)17-23(28)25(2)15-19-7-11-21(12-8-19)26-13-3-4-14-26/h5-12,16H,3-4,13-15,17H2,1-2H3. The van der Waals surface area contributed by atoms with Gasteiger partial charge >= 0.3 is 5.76 Å². The largest absolute Gasteiger partial charge is 0.419 e. The van der Waals surface area contributed by atoms with Crippen LogP contribution in [-0.2, 0) is 17.9 Å². The average molecular weight is 405 g/mol. The molecule has 0 saturated carbocycles. The molecule has 3 aromatic rings. The monoisotopic (exact) mass is 405 g/mol. The highest BCUT2D eigenvalue weighted by molar-refractivity contribution is 5.75. The summed E-state index contributed by atoms with van der Waals surface area (Å²) in [4.78, 5) is 28.9. The molecule has 2 aromatic carbocycles. The number of nitrogens with zero attached hydrogens (tertiary/aromatic N) is 3. The Morgan fingerprint density at radius 2 is 1.70 bits per heavy atom. The van der Waals surface area contributed by atoms with Crippen molar-refractivity contribution in [3.05, 3.63) is 76.4 Å². The molecule has 4 rings (SSSR count). The molecule has 0 spiro atoms. The van der Waals surface area contributed by atoms with Gasteiger partial charge in [0, 0.05) is 37.9 Å². The number of benzene rings is 2. The van der Waals surface area contributed by atoms with Crippen molar-refractivity contribution in [1.29, 1.82) is 0 Å². The van der Waals surface area contributed by atoms with Crippen LogP contribution in [0.15, 0.2) is 63.9 Å². The Kier molecular flexibility index (Phi) is 5.74. The van der Waals surface area contributed by atoms with Gasteiger partial charge in [-0.1, -0.05) is 42.0 Å². The lowest BCUT2D eigenvalue weighted by Gasteiger charge is -2.20. The van der Waals surface area contributed by atoms with E-state index >= 15 is 0 Å². The Hall–Kier alpha value is -3.28. The van der Waals surface area contributed by atoms with Crippen LogP contribution in [0.1, 0.15) is 24.0 Å². The van der Waals surface area contributed by atoms with Crippen LogP contribution in [0.5, 0.6) is 0 Å². The van der Waals surface area contributed by atoms with E-state index in [-0.39, 0.29) is 12.5 Å². The van der Waals surface area contributed by atoms with Gasteiger partial charge in [0.15, 0.2) is 5.76 Å². The summed E-state index contributed by atoms with van der Waals surface area (Å²) in [6.45, 7) is 4.68. The normalized spacial score (nSPS) is 13.6. The van der Waals surface area contributed by atoms with Crippen molar-refractivity contribution in [1.82, 2.24) is 9.47 Å². The highest BCUT2D eigenvalue weighted by atomic mass is 16.4. The van der Waals surface area contributed by atoms with E-state index in [1.165, 1.54) is 23.1 Å². The Morgan fingerprint density at radius 1 is 1.03 bits per heavy atom. The second-order valence-corrected chi connectivity index (χ2v) is 7.97. The first-order chi connectivity index (χ1) is 14.5. The minimum atomic E-state index is -0.526. The van der Waals surface area contributed by atoms with Crippen molar-refractivity contribution in [3.8, 4) is 11.3 Å². The molecule has 156 valence electrons. The number of hydrogen-bond donors (Lipinski definition) is 0. The molecular formula is C24H27N3O3. The summed E-state index contributed by atoms with van der Waals surface area (Å²) in [7, 11) is 1.75. The fourth-order valence-corrected chi connectivity index (χ4v) is 3.75. The first kappa shape index (κ1) is 20.0. The summed E-state index contributed by atoms with van der Waals surface area (Å²) in [6.07, 6.45) is 4.10. The van der Waals surface area contributed by atoms with E-state index < -0.39 is 5.76 Å². The van der Waals surface area contributed by atoms with Gasteiger partial charge in [-0.2, -0.15) is 0 Å². The van der Waals surface area contributed by atoms with Gasteiger partial charge in [0.05, 0.1) is 6.20 Å². The van der Waals surface area contributed by atoms with Crippen molar-refractivity contribution in [2.24, 2.45) is 0 Å². The minimum Gasteiger partial charge on any atom is -0.408 e. The lowest BCUT2D eigenvalue weighted by Crippen LogP contribution is -2.32. The van der Waals surface area contributed by atoms with E-state index in [9.17, 15) is 9.59 Å². The van der Waals surface area contributed by atoms with E-state index in [0.717, 1.165) is 29.8 Å². The minimum absolute atomic E-state index is 0.0451. The van der Waals surface area contributed by atoms with Crippen LogP contribution in [0, 0.1) is 6.92 Å². The van der Waals surface area contributed by atoms with Crippen LogP contribution in [-0.4, -0.2) is 35.5 Å². The predicted octanol–water partition coefficient (Wildman–Crippen LogP) is 3.68. The molecule has 0 unspecified atom stereocenters. The Labute approximate surface area is 176 Å². The molecule has 30 heavy (non-hydrogen) atoms. The number of aromatic nitrogens is 1. The summed E-state index contributed by atoms with van der Waals surface area (Å²) >= 11 is 0. The maximum absolute atomic E-state index is 12.7. The maximum Gasteiger partial charge on any atom is 0.419 e. The molecule has 0 bridgehead atoms. The fraction of sp³-hybridized carbons (Fsp3) is 0.333. The lowest BCUT2D eigenvalue weighted by molar-refractivity contribution is -0.131. The van der Waals surface area contributed by atoms with Gasteiger partial charge in [-0.25, -0.2) is 4.79 Å². The number of aryl methyl sites for hydroxylation is 1. The van der Waals surface area contributed by atoms with Crippen molar-refractivity contribution in [2.75, 3.05) is 25.0 Å². The first-order valence-electron chi connectivity index (χ1n) is 10.3. The second kappa shape index (κ2) is 8.61. The quantitative estimate of drug-likeness (QED) is 0.628. The third-order valence-electron chi connectivity index (χ3n) is 5.60. The van der Waals surface area contributed by atoms with Crippen LogP contribution in [0.4, 0.5) is 5.69 Å². The molecule has 0 atom stereocenters. The molecule has 2 heterocycles. The molecule has 1 aliphatic rings. The van der Waals surface area contributed by atoms with Gasteiger partial charge in [-0.15, -0.1) is 0 Å². The topological polar surface area (TPSA) is 58.7 Å². The summed E-state index contributed by atoms with van der Waals surface area (Å²) in [5.74, 6) is -0.202.